The summed E-state index contributed by atoms with van der Waals surface area (Å²) < 4.78 is 114. The van der Waals surface area contributed by atoms with Gasteiger partial charge in [0.15, 0.2) is 0 Å². The number of pyridine rings is 12. The summed E-state index contributed by atoms with van der Waals surface area (Å²) in [6.07, 6.45) is 42.0. The van der Waals surface area contributed by atoms with Gasteiger partial charge < -0.3 is 0 Å². The highest BCUT2D eigenvalue weighted by Gasteiger charge is 2.07. The number of hydrogen-bond donors (Lipinski definition) is 12. The lowest BCUT2D eigenvalue weighted by atomic mass is 10.5. The molecule has 552 valence electrons. The summed E-state index contributed by atoms with van der Waals surface area (Å²) in [5, 5.41) is 0. The molecule has 0 unspecified atom stereocenters. The lowest BCUT2D eigenvalue weighted by Gasteiger charge is -1.78. The molecule has 42 heteroatoms. The van der Waals surface area contributed by atoms with Crippen LogP contribution < -0.4 is 0 Å². The van der Waals surface area contributed by atoms with E-state index in [1.165, 1.54) is 0 Å². The van der Waals surface area contributed by atoms with Gasteiger partial charge >= 0.3 is 47.4 Å². The molecular formula is C60H72F6N12O18P6. The predicted octanol–water partition coefficient (Wildman–Crippen LogP) is 13.3. The summed E-state index contributed by atoms with van der Waals surface area (Å²) in [7, 11) is -30.8. The summed E-state index contributed by atoms with van der Waals surface area (Å²) >= 11 is 0. The van der Waals surface area contributed by atoms with E-state index in [-0.39, 0.29) is 0 Å². The monoisotopic (exact) mass is 1550 g/mol. The molecule has 0 atom stereocenters. The van der Waals surface area contributed by atoms with Gasteiger partial charge in [0, 0.05) is 149 Å². The molecule has 12 rings (SSSR count). The Bertz CT molecular complexity index is 2550. The van der Waals surface area contributed by atoms with Crippen molar-refractivity contribution in [1.82, 2.24) is 59.8 Å². The number of nitrogens with zero attached hydrogens (tertiary/aromatic N) is 12. The highest BCUT2D eigenvalue weighted by molar-refractivity contribution is 7.47. The van der Waals surface area contributed by atoms with E-state index in [0.717, 1.165) is 0 Å². The predicted molar refractivity (Wildman–Crippen MR) is 370 cm³/mol. The number of rotatable bonds is 0. The van der Waals surface area contributed by atoms with Crippen molar-refractivity contribution in [3.8, 4) is 0 Å². The maximum Gasteiger partial charge on any atom is 0.507 e. The fraction of sp³-hybridized carbons (Fsp3) is 0. The third-order valence-electron chi connectivity index (χ3n) is 6.80. The fourth-order valence-electron chi connectivity index (χ4n) is 3.75. The molecule has 12 aromatic rings. The molecule has 0 aliphatic carbocycles. The largest absolute Gasteiger partial charge is 0.507 e. The van der Waals surface area contributed by atoms with Gasteiger partial charge in [0.05, 0.1) is 0 Å². The third-order valence-corrected chi connectivity index (χ3v) is 6.80. The van der Waals surface area contributed by atoms with Gasteiger partial charge in [-0.15, -0.1) is 25.2 Å². The Morgan fingerprint density at radius 2 is 0.167 bits per heavy atom. The van der Waals surface area contributed by atoms with E-state index in [4.69, 9.17) is 86.1 Å². The van der Waals surface area contributed by atoms with Gasteiger partial charge in [-0.05, 0) is 146 Å². The first-order valence-electron chi connectivity index (χ1n) is 26.7. The molecule has 0 fully saturated rings. The van der Waals surface area contributed by atoms with E-state index in [1.54, 1.807) is 149 Å². The van der Waals surface area contributed by atoms with E-state index in [2.05, 4.69) is 59.8 Å². The molecule has 0 aliphatic heterocycles. The smallest absolute Gasteiger partial charge is 0.299 e. The number of aromatic nitrogens is 12. The lowest BCUT2D eigenvalue weighted by molar-refractivity contribution is 0.320. The molecular weight excluding hydrogens is 1480 g/mol. The summed E-state index contributed by atoms with van der Waals surface area (Å²) in [4.78, 5) is 129. The fourth-order valence-corrected chi connectivity index (χ4v) is 3.75. The Hall–Kier alpha value is -9.72. The Kier molecular flexibility index (Phi) is 78.0. The first kappa shape index (κ1) is 103. The van der Waals surface area contributed by atoms with Crippen LogP contribution in [-0.4, -0.2) is 119 Å². The molecule has 0 saturated carbocycles. The van der Waals surface area contributed by atoms with Crippen molar-refractivity contribution in [2.45, 2.75) is 0 Å². The van der Waals surface area contributed by atoms with Crippen LogP contribution in [0.4, 0.5) is 25.2 Å². The molecule has 12 N–H and O–H groups in total. The van der Waals surface area contributed by atoms with E-state index in [1.807, 2.05) is 218 Å². The van der Waals surface area contributed by atoms with Crippen LogP contribution in [0.5, 0.6) is 0 Å². The molecule has 102 heavy (non-hydrogen) atoms. The highest BCUT2D eigenvalue weighted by atomic mass is 31.2. The zero-order valence-electron chi connectivity index (χ0n) is 52.8. The molecule has 0 radical (unpaired) electrons. The van der Waals surface area contributed by atoms with E-state index < -0.39 is 47.4 Å². The van der Waals surface area contributed by atoms with Crippen molar-refractivity contribution in [1.29, 1.82) is 0 Å². The van der Waals surface area contributed by atoms with Crippen LogP contribution in [0, 0.1) is 0 Å². The van der Waals surface area contributed by atoms with Gasteiger partial charge in [-0.1, -0.05) is 72.8 Å². The summed E-state index contributed by atoms with van der Waals surface area (Å²) in [5.41, 5.74) is 0. The Labute approximate surface area is 583 Å². The molecule has 0 aromatic carbocycles. The second-order valence-electron chi connectivity index (χ2n) is 15.1. The highest BCUT2D eigenvalue weighted by Crippen LogP contribution is 2.37. The molecule has 0 aliphatic rings. The second-order valence-corrected chi connectivity index (χ2v) is 20.8. The van der Waals surface area contributed by atoms with Crippen LogP contribution in [0.2, 0.25) is 0 Å². The van der Waals surface area contributed by atoms with Gasteiger partial charge in [0.1, 0.15) is 0 Å². The van der Waals surface area contributed by atoms with Crippen molar-refractivity contribution in [2.24, 2.45) is 0 Å². The van der Waals surface area contributed by atoms with Gasteiger partial charge in [-0.3, -0.25) is 119 Å². The summed E-state index contributed by atoms with van der Waals surface area (Å²) in [6.45, 7) is 0. The maximum atomic E-state index is 10.4. The van der Waals surface area contributed by atoms with Crippen LogP contribution in [0.3, 0.4) is 0 Å². The van der Waals surface area contributed by atoms with E-state index in [0.29, 0.717) is 0 Å². The van der Waals surface area contributed by atoms with Crippen molar-refractivity contribution in [3.05, 3.63) is 367 Å². The van der Waals surface area contributed by atoms with E-state index in [9.17, 15) is 25.2 Å². The first-order valence-corrected chi connectivity index (χ1v) is 35.7. The molecule has 0 bridgehead atoms. The van der Waals surface area contributed by atoms with E-state index >= 15 is 0 Å². The van der Waals surface area contributed by atoms with Crippen molar-refractivity contribution >= 4 is 47.4 Å². The topological polar surface area (TPSA) is 500 Å². The van der Waals surface area contributed by atoms with Gasteiger partial charge in [0.25, 0.3) is 0 Å². The van der Waals surface area contributed by atoms with Crippen LogP contribution in [-0.2, 0) is 27.4 Å². The molecule has 0 saturated heterocycles. The van der Waals surface area contributed by atoms with Crippen molar-refractivity contribution < 1.29 is 111 Å². The number of hydrogen-bond acceptors (Lipinski definition) is 18. The SMILES string of the molecule is O=P(O)(O)F.O=P(O)(O)F.O=P(O)(O)F.O=P(O)(O)F.O=P(O)(O)F.O=P(O)(O)F.c1ccncc1.c1ccncc1.c1ccncc1.c1ccncc1.c1ccncc1.c1ccncc1.c1ccncc1.c1ccncc1.c1ccncc1.c1ccncc1.c1ccncc1.c1ccncc1. The Morgan fingerprint density at radius 3 is 0.176 bits per heavy atom. The zero-order valence-corrected chi connectivity index (χ0v) is 58.1. The van der Waals surface area contributed by atoms with Crippen LogP contribution >= 0.6 is 47.4 Å². The average molecular weight is 1550 g/mol. The van der Waals surface area contributed by atoms with Crippen LogP contribution in [0.25, 0.3) is 0 Å². The normalized spacial score (nSPS) is 9.12. The molecule has 12 heterocycles. The summed E-state index contributed by atoms with van der Waals surface area (Å²) in [6, 6.07) is 68.6. The third kappa shape index (κ3) is 186. The Morgan fingerprint density at radius 1 is 0.127 bits per heavy atom. The quantitative estimate of drug-likeness (QED) is 0.0495. The van der Waals surface area contributed by atoms with Gasteiger partial charge in [0.2, 0.25) is 0 Å². The van der Waals surface area contributed by atoms with Crippen LogP contribution in [0.15, 0.2) is 367 Å². The van der Waals surface area contributed by atoms with Crippen LogP contribution in [0.1, 0.15) is 0 Å². The molecule has 0 amide bonds. The van der Waals surface area contributed by atoms with Gasteiger partial charge in [-0.25, -0.2) is 27.4 Å². The molecule has 12 aromatic heterocycles. The first-order chi connectivity index (χ1) is 48.0. The van der Waals surface area contributed by atoms with Gasteiger partial charge in [-0.2, -0.15) is 0 Å². The minimum atomic E-state index is -5.14. The van der Waals surface area contributed by atoms with Crippen molar-refractivity contribution in [2.75, 3.05) is 0 Å². The lowest BCUT2D eigenvalue weighted by Crippen LogP contribution is -1.58. The standard InChI is InChI=1S/12C5H5N.6FH2O3P/c12*1-2-4-6-5-3-1;6*1-5(2,3)4/h12*1-5H;6*(H2,2,3,4). The minimum Gasteiger partial charge on any atom is -0.299 e. The van der Waals surface area contributed by atoms with Crippen molar-refractivity contribution in [3.63, 3.8) is 0 Å². The molecule has 0 spiro atoms. The molecule has 30 nitrogen and oxygen atoms in total. The zero-order chi connectivity index (χ0) is 77.9. The second kappa shape index (κ2) is 77.0. The summed E-state index contributed by atoms with van der Waals surface area (Å²) in [5.74, 6) is 0. The Balaban J connectivity index is -0.000000239. The average Bonchev–Trinajstić information content (AvgIpc) is 3.62. The minimum absolute atomic E-state index is 1.75. The number of halogens is 6. The maximum absolute atomic E-state index is 10.4.